The van der Waals surface area contributed by atoms with Gasteiger partial charge in [0.25, 0.3) is 0 Å². The van der Waals surface area contributed by atoms with Crippen LogP contribution in [0, 0.1) is 0 Å². The van der Waals surface area contributed by atoms with Gasteiger partial charge in [-0.3, -0.25) is 0 Å². The third kappa shape index (κ3) is 5.89. The summed E-state index contributed by atoms with van der Waals surface area (Å²) in [6, 6.07) is 16.9. The van der Waals surface area contributed by atoms with Crippen LogP contribution in [0.15, 0.2) is 53.5 Å². The second-order valence-electron chi connectivity index (χ2n) is 7.35. The Morgan fingerprint density at radius 2 is 1.87 bits per heavy atom. The Morgan fingerprint density at radius 3 is 2.63 bits per heavy atom. The molecule has 6 heteroatoms. The number of benzene rings is 2. The van der Waals surface area contributed by atoms with Crippen molar-refractivity contribution in [1.29, 1.82) is 0 Å². The summed E-state index contributed by atoms with van der Waals surface area (Å²) in [5.41, 5.74) is 3.54. The third-order valence-corrected chi connectivity index (χ3v) is 5.29. The zero-order chi connectivity index (χ0) is 21.2. The van der Waals surface area contributed by atoms with Crippen molar-refractivity contribution >= 4 is 11.6 Å². The topological polar surface area (TPSA) is 58.1 Å². The number of hydrogen-bond donors (Lipinski definition) is 2. The van der Waals surface area contributed by atoms with Gasteiger partial charge in [0, 0.05) is 32.3 Å². The van der Waals surface area contributed by atoms with Gasteiger partial charge in [0.15, 0.2) is 5.96 Å². The average molecular weight is 411 g/mol. The fourth-order valence-electron chi connectivity index (χ4n) is 3.73. The molecule has 0 saturated carbocycles. The summed E-state index contributed by atoms with van der Waals surface area (Å²) in [5, 5.41) is 7.00. The van der Waals surface area contributed by atoms with Gasteiger partial charge in [-0.05, 0) is 43.5 Å². The van der Waals surface area contributed by atoms with Gasteiger partial charge in [0.05, 0.1) is 25.9 Å². The summed E-state index contributed by atoms with van der Waals surface area (Å²) < 4.78 is 11.1. The van der Waals surface area contributed by atoms with Crippen molar-refractivity contribution in [1.82, 2.24) is 10.6 Å². The van der Waals surface area contributed by atoms with Crippen LogP contribution in [-0.4, -0.2) is 45.4 Å². The molecular weight excluding hydrogens is 376 g/mol. The van der Waals surface area contributed by atoms with Gasteiger partial charge in [0.1, 0.15) is 5.75 Å². The first-order valence-corrected chi connectivity index (χ1v) is 10.8. The van der Waals surface area contributed by atoms with Crippen LogP contribution in [0.3, 0.4) is 0 Å². The van der Waals surface area contributed by atoms with Crippen LogP contribution in [0.2, 0.25) is 0 Å². The molecule has 0 amide bonds. The zero-order valence-corrected chi connectivity index (χ0v) is 18.4. The van der Waals surface area contributed by atoms with Crippen LogP contribution in [-0.2, 0) is 17.9 Å². The molecule has 3 rings (SSSR count). The van der Waals surface area contributed by atoms with Crippen LogP contribution >= 0.6 is 0 Å². The smallest absolute Gasteiger partial charge is 0.191 e. The average Bonchev–Trinajstić information content (AvgIpc) is 3.25. The summed E-state index contributed by atoms with van der Waals surface area (Å²) in [6.07, 6.45) is 1.06. The molecule has 30 heavy (non-hydrogen) atoms. The number of aliphatic imine (C=N–C) groups is 1. The lowest BCUT2D eigenvalue weighted by molar-refractivity contribution is 0.133. The Balaban J connectivity index is 1.63. The highest BCUT2D eigenvalue weighted by molar-refractivity contribution is 5.80. The molecule has 162 valence electrons. The molecule has 1 saturated heterocycles. The fraction of sp³-hybridized carbons (Fsp3) is 0.458. The van der Waals surface area contributed by atoms with E-state index in [1.165, 1.54) is 11.1 Å². The number of nitrogens with one attached hydrogen (secondary N) is 2. The second kappa shape index (κ2) is 11.5. The van der Waals surface area contributed by atoms with E-state index < -0.39 is 0 Å². The van der Waals surface area contributed by atoms with E-state index in [2.05, 4.69) is 58.9 Å². The molecule has 1 heterocycles. The number of nitrogens with zero attached hydrogens (tertiary/aromatic N) is 2. The molecular formula is C24H34N4O2. The van der Waals surface area contributed by atoms with Gasteiger partial charge >= 0.3 is 0 Å². The Morgan fingerprint density at radius 1 is 1.10 bits per heavy atom. The number of guanidine groups is 1. The van der Waals surface area contributed by atoms with Crippen molar-refractivity contribution in [2.45, 2.75) is 39.5 Å². The molecule has 0 radical (unpaired) electrons. The van der Waals surface area contributed by atoms with Gasteiger partial charge < -0.3 is 25.0 Å². The Kier molecular flexibility index (Phi) is 8.39. The first kappa shape index (κ1) is 22.0. The fourth-order valence-corrected chi connectivity index (χ4v) is 3.73. The second-order valence-corrected chi connectivity index (χ2v) is 7.35. The van der Waals surface area contributed by atoms with Gasteiger partial charge in [-0.1, -0.05) is 36.4 Å². The van der Waals surface area contributed by atoms with E-state index in [1.54, 1.807) is 7.11 Å². The van der Waals surface area contributed by atoms with Crippen molar-refractivity contribution in [2.75, 3.05) is 38.3 Å². The number of rotatable bonds is 9. The molecule has 1 aliphatic rings. The number of anilines is 1. The lowest BCUT2D eigenvalue weighted by Crippen LogP contribution is -2.44. The van der Waals surface area contributed by atoms with Crippen LogP contribution < -0.4 is 20.3 Å². The molecule has 0 aromatic heterocycles. The number of para-hydroxylation sites is 2. The van der Waals surface area contributed by atoms with Gasteiger partial charge in [0.2, 0.25) is 0 Å². The molecule has 0 aliphatic carbocycles. The normalized spacial score (nSPS) is 16.6. The van der Waals surface area contributed by atoms with Crippen molar-refractivity contribution in [2.24, 2.45) is 4.99 Å². The lowest BCUT2D eigenvalue weighted by atomic mass is 10.1. The number of methoxy groups -OCH3 is 1. The predicted octanol–water partition coefficient (Wildman–Crippen LogP) is 3.57. The maximum absolute atomic E-state index is 5.60. The maximum Gasteiger partial charge on any atom is 0.191 e. The maximum atomic E-state index is 5.60. The van der Waals surface area contributed by atoms with E-state index >= 15 is 0 Å². The van der Waals surface area contributed by atoms with E-state index in [0.717, 1.165) is 43.5 Å². The number of hydrogen-bond acceptors (Lipinski definition) is 4. The minimum absolute atomic E-state index is 0.339. The molecule has 1 aliphatic heterocycles. The third-order valence-electron chi connectivity index (χ3n) is 5.29. The van der Waals surface area contributed by atoms with Crippen LogP contribution in [0.25, 0.3) is 0 Å². The molecule has 0 spiro atoms. The molecule has 1 unspecified atom stereocenters. The van der Waals surface area contributed by atoms with E-state index in [9.17, 15) is 0 Å². The first-order valence-electron chi connectivity index (χ1n) is 10.8. The SMILES string of the molecule is CCNC(=NCc1ccccc1COCC)NC1CCN(c2ccccc2OC)C1. The monoisotopic (exact) mass is 410 g/mol. The van der Waals surface area contributed by atoms with Crippen molar-refractivity contribution in [3.8, 4) is 5.75 Å². The molecule has 2 aromatic rings. The summed E-state index contributed by atoms with van der Waals surface area (Å²) >= 11 is 0. The summed E-state index contributed by atoms with van der Waals surface area (Å²) in [4.78, 5) is 7.22. The standard InChI is InChI=1S/C24H34N4O2/c1-4-25-24(26-16-19-10-6-7-11-20(19)18-30-5-2)27-21-14-15-28(17-21)22-12-8-9-13-23(22)29-3/h6-13,21H,4-5,14-18H2,1-3H3,(H2,25,26,27). The minimum Gasteiger partial charge on any atom is -0.495 e. The van der Waals surface area contributed by atoms with Gasteiger partial charge in [-0.25, -0.2) is 4.99 Å². The molecule has 0 bridgehead atoms. The van der Waals surface area contributed by atoms with Crippen molar-refractivity contribution in [3.05, 3.63) is 59.7 Å². The lowest BCUT2D eigenvalue weighted by Gasteiger charge is -2.22. The molecule has 2 aromatic carbocycles. The Labute approximate surface area is 180 Å². The largest absolute Gasteiger partial charge is 0.495 e. The minimum atomic E-state index is 0.339. The highest BCUT2D eigenvalue weighted by atomic mass is 16.5. The Bertz CT molecular complexity index is 824. The van der Waals surface area contributed by atoms with Crippen LogP contribution in [0.1, 0.15) is 31.4 Å². The number of ether oxygens (including phenoxy) is 2. The van der Waals surface area contributed by atoms with E-state index in [4.69, 9.17) is 14.5 Å². The van der Waals surface area contributed by atoms with Crippen LogP contribution in [0.5, 0.6) is 5.75 Å². The predicted molar refractivity (Wildman–Crippen MR) is 123 cm³/mol. The summed E-state index contributed by atoms with van der Waals surface area (Å²) in [7, 11) is 1.73. The van der Waals surface area contributed by atoms with E-state index in [0.29, 0.717) is 25.8 Å². The Hall–Kier alpha value is -2.73. The summed E-state index contributed by atoms with van der Waals surface area (Å²) in [6.45, 7) is 8.83. The van der Waals surface area contributed by atoms with E-state index in [1.807, 2.05) is 19.1 Å². The first-order chi connectivity index (χ1) is 14.7. The molecule has 1 atom stereocenters. The highest BCUT2D eigenvalue weighted by Gasteiger charge is 2.25. The quantitative estimate of drug-likeness (QED) is 0.489. The van der Waals surface area contributed by atoms with Crippen LogP contribution in [0.4, 0.5) is 5.69 Å². The molecule has 1 fully saturated rings. The summed E-state index contributed by atoms with van der Waals surface area (Å²) in [5.74, 6) is 1.78. The van der Waals surface area contributed by atoms with Gasteiger partial charge in [-0.15, -0.1) is 0 Å². The van der Waals surface area contributed by atoms with Gasteiger partial charge in [-0.2, -0.15) is 0 Å². The zero-order valence-electron chi connectivity index (χ0n) is 18.4. The van der Waals surface area contributed by atoms with E-state index in [-0.39, 0.29) is 0 Å². The molecule has 2 N–H and O–H groups in total. The van der Waals surface area contributed by atoms with Crippen molar-refractivity contribution < 1.29 is 9.47 Å². The highest BCUT2D eigenvalue weighted by Crippen LogP contribution is 2.30. The molecule has 6 nitrogen and oxygen atoms in total. The van der Waals surface area contributed by atoms with Crippen molar-refractivity contribution in [3.63, 3.8) is 0 Å².